The van der Waals surface area contributed by atoms with Gasteiger partial charge in [-0.2, -0.15) is 0 Å². The topological polar surface area (TPSA) is 21.3 Å². The van der Waals surface area contributed by atoms with Gasteiger partial charge < -0.3 is 10.1 Å². The van der Waals surface area contributed by atoms with Gasteiger partial charge in [-0.1, -0.05) is 74.2 Å². The van der Waals surface area contributed by atoms with Gasteiger partial charge in [0.25, 0.3) is 0 Å². The standard InChI is InChI=1S/C22H31NO/c1-23-19-21-16-10-11-17-22(21)24-18-12-5-3-2-4-7-13-20-14-8-6-9-15-20/h6,8-11,14-17,23H,2-5,7,12-13,18-19H2,1H3. The zero-order valence-electron chi connectivity index (χ0n) is 15.0. The molecule has 0 amide bonds. The van der Waals surface area contributed by atoms with Crippen molar-refractivity contribution in [3.63, 3.8) is 0 Å². The van der Waals surface area contributed by atoms with Crippen molar-refractivity contribution in [1.82, 2.24) is 5.32 Å². The molecule has 0 aliphatic carbocycles. The van der Waals surface area contributed by atoms with E-state index in [1.54, 1.807) is 0 Å². The summed E-state index contributed by atoms with van der Waals surface area (Å²) in [5.41, 5.74) is 2.70. The SMILES string of the molecule is CNCc1ccccc1OCCCCCCCCc1ccccc1. The number of nitrogens with one attached hydrogen (secondary N) is 1. The summed E-state index contributed by atoms with van der Waals surface area (Å²) in [6.45, 7) is 1.68. The molecule has 0 bridgehead atoms. The molecule has 0 unspecified atom stereocenters. The van der Waals surface area contributed by atoms with E-state index in [2.05, 4.69) is 53.8 Å². The van der Waals surface area contributed by atoms with E-state index >= 15 is 0 Å². The molecular formula is C22H31NO. The van der Waals surface area contributed by atoms with E-state index in [0.29, 0.717) is 0 Å². The molecule has 0 atom stereocenters. The number of rotatable bonds is 12. The number of hydrogen-bond acceptors (Lipinski definition) is 2. The molecule has 0 aliphatic rings. The van der Waals surface area contributed by atoms with Crippen LogP contribution in [0.1, 0.15) is 49.7 Å². The minimum Gasteiger partial charge on any atom is -0.493 e. The van der Waals surface area contributed by atoms with Gasteiger partial charge in [0.2, 0.25) is 0 Å². The molecule has 2 aromatic carbocycles. The molecule has 0 saturated carbocycles. The Bertz CT molecular complexity index is 553. The highest BCUT2D eigenvalue weighted by molar-refractivity contribution is 5.33. The Morgan fingerprint density at radius 3 is 2.21 bits per heavy atom. The van der Waals surface area contributed by atoms with Gasteiger partial charge in [-0.05, 0) is 37.9 Å². The quantitative estimate of drug-likeness (QED) is 0.530. The van der Waals surface area contributed by atoms with Crippen LogP contribution in [0.5, 0.6) is 5.75 Å². The van der Waals surface area contributed by atoms with Gasteiger partial charge in [0.1, 0.15) is 5.75 Å². The van der Waals surface area contributed by atoms with Crippen LogP contribution < -0.4 is 10.1 Å². The first-order chi connectivity index (χ1) is 11.9. The molecule has 0 aromatic heterocycles. The van der Waals surface area contributed by atoms with Crippen LogP contribution >= 0.6 is 0 Å². The van der Waals surface area contributed by atoms with E-state index in [1.807, 2.05) is 13.1 Å². The lowest BCUT2D eigenvalue weighted by atomic mass is 10.1. The maximum absolute atomic E-state index is 5.94. The molecule has 0 spiro atoms. The summed E-state index contributed by atoms with van der Waals surface area (Å²) in [5.74, 6) is 1.02. The van der Waals surface area contributed by atoms with Gasteiger partial charge in [0, 0.05) is 12.1 Å². The molecule has 130 valence electrons. The van der Waals surface area contributed by atoms with Crippen molar-refractivity contribution in [2.45, 2.75) is 51.5 Å². The molecule has 1 N–H and O–H groups in total. The van der Waals surface area contributed by atoms with Crippen LogP contribution in [0.3, 0.4) is 0 Å². The van der Waals surface area contributed by atoms with Crippen molar-refractivity contribution >= 4 is 0 Å². The fraction of sp³-hybridized carbons (Fsp3) is 0.455. The summed E-state index contributed by atoms with van der Waals surface area (Å²) >= 11 is 0. The third-order valence-electron chi connectivity index (χ3n) is 4.30. The summed E-state index contributed by atoms with van der Waals surface area (Å²) < 4.78 is 5.94. The summed E-state index contributed by atoms with van der Waals surface area (Å²) in [5, 5.41) is 3.19. The maximum atomic E-state index is 5.94. The normalized spacial score (nSPS) is 10.7. The molecule has 0 radical (unpaired) electrons. The highest BCUT2D eigenvalue weighted by Gasteiger charge is 2.01. The van der Waals surface area contributed by atoms with Crippen LogP contribution in [0.15, 0.2) is 54.6 Å². The minimum atomic E-state index is 0.824. The lowest BCUT2D eigenvalue weighted by Crippen LogP contribution is -2.08. The Balaban J connectivity index is 1.48. The average molecular weight is 325 g/mol. The number of hydrogen-bond donors (Lipinski definition) is 1. The Morgan fingerprint density at radius 1 is 0.750 bits per heavy atom. The molecule has 0 aliphatic heterocycles. The molecule has 0 heterocycles. The van der Waals surface area contributed by atoms with Crippen molar-refractivity contribution in [3.8, 4) is 5.75 Å². The van der Waals surface area contributed by atoms with E-state index in [1.165, 1.54) is 49.7 Å². The predicted molar refractivity (Wildman–Crippen MR) is 103 cm³/mol. The first kappa shape index (κ1) is 18.5. The van der Waals surface area contributed by atoms with Gasteiger partial charge in [-0.15, -0.1) is 0 Å². The van der Waals surface area contributed by atoms with Crippen LogP contribution in [0, 0.1) is 0 Å². The second kappa shape index (κ2) is 11.7. The maximum Gasteiger partial charge on any atom is 0.123 e. The van der Waals surface area contributed by atoms with Crippen LogP contribution in [-0.4, -0.2) is 13.7 Å². The van der Waals surface area contributed by atoms with Crippen molar-refractivity contribution in [2.75, 3.05) is 13.7 Å². The van der Waals surface area contributed by atoms with Crippen molar-refractivity contribution < 1.29 is 4.74 Å². The third kappa shape index (κ3) is 7.18. The highest BCUT2D eigenvalue weighted by atomic mass is 16.5. The molecule has 2 nitrogen and oxygen atoms in total. The van der Waals surface area contributed by atoms with Gasteiger partial charge in [0.05, 0.1) is 6.61 Å². The van der Waals surface area contributed by atoms with E-state index in [9.17, 15) is 0 Å². The van der Waals surface area contributed by atoms with E-state index < -0.39 is 0 Å². The summed E-state index contributed by atoms with van der Waals surface area (Å²) in [6.07, 6.45) is 8.91. The molecule has 2 rings (SSSR count). The largest absolute Gasteiger partial charge is 0.493 e. The zero-order chi connectivity index (χ0) is 16.9. The fourth-order valence-corrected chi connectivity index (χ4v) is 2.95. The number of aryl methyl sites for hydroxylation is 1. The smallest absolute Gasteiger partial charge is 0.123 e. The van der Waals surface area contributed by atoms with E-state index in [4.69, 9.17) is 4.74 Å². The van der Waals surface area contributed by atoms with E-state index in [-0.39, 0.29) is 0 Å². The second-order valence-electron chi connectivity index (χ2n) is 6.34. The monoisotopic (exact) mass is 325 g/mol. The number of unbranched alkanes of at least 4 members (excludes halogenated alkanes) is 5. The lowest BCUT2D eigenvalue weighted by Gasteiger charge is -2.11. The molecule has 2 heteroatoms. The Kier molecular flexibility index (Phi) is 9.03. The Hall–Kier alpha value is -1.80. The molecule has 0 fully saturated rings. The third-order valence-corrected chi connectivity index (χ3v) is 4.30. The van der Waals surface area contributed by atoms with Crippen LogP contribution in [-0.2, 0) is 13.0 Å². The molecule has 24 heavy (non-hydrogen) atoms. The zero-order valence-corrected chi connectivity index (χ0v) is 15.0. The Labute approximate surface area is 147 Å². The summed E-state index contributed by atoms with van der Waals surface area (Å²) in [7, 11) is 1.97. The van der Waals surface area contributed by atoms with Crippen molar-refractivity contribution in [2.24, 2.45) is 0 Å². The summed E-state index contributed by atoms with van der Waals surface area (Å²) in [6, 6.07) is 19.1. The molecular weight excluding hydrogens is 294 g/mol. The Morgan fingerprint density at radius 2 is 1.42 bits per heavy atom. The van der Waals surface area contributed by atoms with Crippen LogP contribution in [0.2, 0.25) is 0 Å². The number of ether oxygens (including phenoxy) is 1. The van der Waals surface area contributed by atoms with Crippen LogP contribution in [0.25, 0.3) is 0 Å². The summed E-state index contributed by atoms with van der Waals surface area (Å²) in [4.78, 5) is 0. The van der Waals surface area contributed by atoms with Crippen LogP contribution in [0.4, 0.5) is 0 Å². The van der Waals surface area contributed by atoms with Gasteiger partial charge in [-0.3, -0.25) is 0 Å². The van der Waals surface area contributed by atoms with E-state index in [0.717, 1.165) is 25.3 Å². The van der Waals surface area contributed by atoms with Crippen molar-refractivity contribution in [1.29, 1.82) is 0 Å². The number of benzene rings is 2. The lowest BCUT2D eigenvalue weighted by molar-refractivity contribution is 0.301. The molecule has 2 aromatic rings. The van der Waals surface area contributed by atoms with Gasteiger partial charge in [0.15, 0.2) is 0 Å². The van der Waals surface area contributed by atoms with Crippen molar-refractivity contribution in [3.05, 3.63) is 65.7 Å². The van der Waals surface area contributed by atoms with Gasteiger partial charge >= 0.3 is 0 Å². The minimum absolute atomic E-state index is 0.824. The van der Waals surface area contributed by atoms with Gasteiger partial charge in [-0.25, -0.2) is 0 Å². The first-order valence-electron chi connectivity index (χ1n) is 9.29. The number of para-hydroxylation sites is 1. The second-order valence-corrected chi connectivity index (χ2v) is 6.34. The average Bonchev–Trinajstić information content (AvgIpc) is 2.63. The highest BCUT2D eigenvalue weighted by Crippen LogP contribution is 2.18. The predicted octanol–water partition coefficient (Wildman–Crippen LogP) is 5.37. The fourth-order valence-electron chi connectivity index (χ4n) is 2.95. The first-order valence-corrected chi connectivity index (χ1v) is 9.29. The molecule has 0 saturated heterocycles.